The topological polar surface area (TPSA) is 94.9 Å². The average molecular weight is 369 g/mol. The van der Waals surface area contributed by atoms with Gasteiger partial charge < -0.3 is 19.2 Å². The second kappa shape index (κ2) is 7.77. The maximum absolute atomic E-state index is 12.5. The van der Waals surface area contributed by atoms with E-state index in [4.69, 9.17) is 14.2 Å². The highest BCUT2D eigenvalue weighted by Gasteiger charge is 2.13. The van der Waals surface area contributed by atoms with Gasteiger partial charge in [-0.25, -0.2) is 4.79 Å². The number of aromatic amines is 1. The van der Waals surface area contributed by atoms with E-state index in [0.717, 1.165) is 4.68 Å². The number of nitrogens with zero attached hydrogens (tertiary/aromatic N) is 2. The number of nitrogens with one attached hydrogen (secondary N) is 1. The lowest BCUT2D eigenvalue weighted by molar-refractivity contribution is 0.288. The van der Waals surface area contributed by atoms with Gasteiger partial charge in [0.25, 0.3) is 5.56 Å². The van der Waals surface area contributed by atoms with E-state index in [9.17, 15) is 9.59 Å². The van der Waals surface area contributed by atoms with Gasteiger partial charge in [-0.2, -0.15) is 5.10 Å². The van der Waals surface area contributed by atoms with E-state index in [-0.39, 0.29) is 0 Å². The Morgan fingerprint density at radius 1 is 1.11 bits per heavy atom. The lowest BCUT2D eigenvalue weighted by Gasteiger charge is -2.14. The number of para-hydroxylation sites is 1. The molecule has 0 aliphatic rings. The van der Waals surface area contributed by atoms with Crippen LogP contribution in [0.4, 0.5) is 0 Å². The summed E-state index contributed by atoms with van der Waals surface area (Å²) in [6.45, 7) is 2.30. The molecular formula is C19H19N3O5. The highest BCUT2D eigenvalue weighted by Crippen LogP contribution is 2.38. The molecule has 0 saturated heterocycles. The van der Waals surface area contributed by atoms with E-state index >= 15 is 0 Å². The predicted octanol–water partition coefficient (Wildman–Crippen LogP) is 1.99. The number of fused-ring (bicyclic) bond motifs is 1. The maximum Gasteiger partial charge on any atom is 0.349 e. The van der Waals surface area contributed by atoms with Crippen LogP contribution in [0, 0.1) is 0 Å². The van der Waals surface area contributed by atoms with E-state index < -0.39 is 11.2 Å². The molecule has 0 aliphatic heterocycles. The summed E-state index contributed by atoms with van der Waals surface area (Å²) >= 11 is 0. The van der Waals surface area contributed by atoms with Gasteiger partial charge in [0.1, 0.15) is 0 Å². The Bertz CT molecular complexity index is 1090. The number of aromatic nitrogens is 2. The molecule has 0 amide bonds. The fraction of sp³-hybridized carbons (Fsp3) is 0.211. The molecule has 0 unspecified atom stereocenters. The van der Waals surface area contributed by atoms with Gasteiger partial charge in [0.2, 0.25) is 5.75 Å². The lowest BCUT2D eigenvalue weighted by atomic mass is 10.2. The molecule has 1 N–H and O–H groups in total. The van der Waals surface area contributed by atoms with Crippen LogP contribution in [0.5, 0.6) is 17.2 Å². The zero-order valence-corrected chi connectivity index (χ0v) is 15.2. The van der Waals surface area contributed by atoms with Crippen molar-refractivity contribution in [1.29, 1.82) is 0 Å². The number of benzene rings is 2. The van der Waals surface area contributed by atoms with Crippen molar-refractivity contribution in [2.75, 3.05) is 20.8 Å². The molecule has 2 aromatic carbocycles. The van der Waals surface area contributed by atoms with Crippen LogP contribution >= 0.6 is 0 Å². The smallest absolute Gasteiger partial charge is 0.349 e. The monoisotopic (exact) mass is 369 g/mol. The molecule has 1 aromatic heterocycles. The molecule has 3 aromatic rings. The number of hydrogen-bond donors (Lipinski definition) is 1. The van der Waals surface area contributed by atoms with Crippen LogP contribution in [0.25, 0.3) is 10.9 Å². The quantitative estimate of drug-likeness (QED) is 0.671. The number of rotatable bonds is 6. The normalized spacial score (nSPS) is 11.1. The molecule has 140 valence electrons. The maximum atomic E-state index is 12.5. The van der Waals surface area contributed by atoms with Crippen LogP contribution in [0.15, 0.2) is 51.1 Å². The lowest BCUT2D eigenvalue weighted by Crippen LogP contribution is -2.32. The zero-order chi connectivity index (χ0) is 19.4. The molecule has 0 spiro atoms. The van der Waals surface area contributed by atoms with Crippen LogP contribution in [0.2, 0.25) is 0 Å². The fourth-order valence-corrected chi connectivity index (χ4v) is 2.64. The van der Waals surface area contributed by atoms with Gasteiger partial charge in [0.05, 0.1) is 37.9 Å². The minimum absolute atomic E-state index is 0.371. The number of hydrogen-bond acceptors (Lipinski definition) is 6. The van der Waals surface area contributed by atoms with Gasteiger partial charge in [-0.15, -0.1) is 4.68 Å². The van der Waals surface area contributed by atoms with Crippen LogP contribution in [0.1, 0.15) is 12.5 Å². The Morgan fingerprint density at radius 2 is 1.78 bits per heavy atom. The molecule has 1 heterocycles. The number of ether oxygens (including phenoxy) is 3. The largest absolute Gasteiger partial charge is 0.493 e. The van der Waals surface area contributed by atoms with E-state index in [2.05, 4.69) is 10.1 Å². The number of H-pyrrole nitrogens is 1. The van der Waals surface area contributed by atoms with Gasteiger partial charge >= 0.3 is 5.69 Å². The molecule has 8 nitrogen and oxygen atoms in total. The second-order valence-corrected chi connectivity index (χ2v) is 5.52. The first-order valence-electron chi connectivity index (χ1n) is 8.26. The summed E-state index contributed by atoms with van der Waals surface area (Å²) in [4.78, 5) is 27.3. The van der Waals surface area contributed by atoms with Crippen LogP contribution in [-0.4, -0.2) is 36.7 Å². The Hall–Kier alpha value is -3.55. The van der Waals surface area contributed by atoms with Crippen LogP contribution < -0.4 is 25.5 Å². The summed E-state index contributed by atoms with van der Waals surface area (Å²) < 4.78 is 17.0. The Balaban J connectivity index is 2.08. The van der Waals surface area contributed by atoms with Crippen molar-refractivity contribution in [2.45, 2.75) is 6.92 Å². The molecule has 0 bridgehead atoms. The van der Waals surface area contributed by atoms with Crippen molar-refractivity contribution >= 4 is 17.1 Å². The summed E-state index contributed by atoms with van der Waals surface area (Å²) in [5.41, 5.74) is -0.0924. The highest BCUT2D eigenvalue weighted by atomic mass is 16.5. The van der Waals surface area contributed by atoms with Crippen molar-refractivity contribution in [3.05, 3.63) is 62.8 Å². The first-order valence-corrected chi connectivity index (χ1v) is 8.26. The summed E-state index contributed by atoms with van der Waals surface area (Å²) in [7, 11) is 3.02. The van der Waals surface area contributed by atoms with Gasteiger partial charge in [-0.1, -0.05) is 12.1 Å². The second-order valence-electron chi connectivity index (χ2n) is 5.52. The van der Waals surface area contributed by atoms with Gasteiger partial charge in [0, 0.05) is 5.56 Å². The first-order chi connectivity index (χ1) is 13.1. The van der Waals surface area contributed by atoms with E-state index in [0.29, 0.717) is 40.3 Å². The molecule has 0 aliphatic carbocycles. The molecule has 0 saturated carbocycles. The summed E-state index contributed by atoms with van der Waals surface area (Å²) in [6.07, 6.45) is 1.38. The summed E-state index contributed by atoms with van der Waals surface area (Å²) in [5.74, 6) is 1.38. The van der Waals surface area contributed by atoms with E-state index in [1.54, 1.807) is 36.4 Å². The van der Waals surface area contributed by atoms with E-state index in [1.807, 2.05) is 6.92 Å². The molecule has 0 radical (unpaired) electrons. The predicted molar refractivity (Wildman–Crippen MR) is 103 cm³/mol. The Labute approximate surface area is 154 Å². The Kier molecular flexibility index (Phi) is 5.25. The van der Waals surface area contributed by atoms with Crippen LogP contribution in [-0.2, 0) is 0 Å². The number of methoxy groups -OCH3 is 2. The molecule has 0 fully saturated rings. The Morgan fingerprint density at radius 3 is 2.41 bits per heavy atom. The minimum atomic E-state index is -0.625. The third-order valence-corrected chi connectivity index (χ3v) is 3.88. The van der Waals surface area contributed by atoms with Gasteiger partial charge in [0.15, 0.2) is 11.5 Å². The molecule has 0 atom stereocenters. The SMILES string of the molecule is CCOc1c(OC)cc(C=Nn2c(=O)[nH]c3ccccc3c2=O)cc1OC. The highest BCUT2D eigenvalue weighted by molar-refractivity contribution is 5.82. The van der Waals surface area contributed by atoms with Crippen molar-refractivity contribution < 1.29 is 14.2 Å². The fourth-order valence-electron chi connectivity index (χ4n) is 2.64. The average Bonchev–Trinajstić information content (AvgIpc) is 2.68. The third-order valence-electron chi connectivity index (χ3n) is 3.88. The zero-order valence-electron chi connectivity index (χ0n) is 15.2. The summed E-state index contributed by atoms with van der Waals surface area (Å²) in [6, 6.07) is 10.1. The summed E-state index contributed by atoms with van der Waals surface area (Å²) in [5, 5.41) is 4.41. The minimum Gasteiger partial charge on any atom is -0.493 e. The standard InChI is InChI=1S/C19H19N3O5/c1-4-27-17-15(25-2)9-12(10-16(17)26-3)11-20-22-18(23)13-7-5-6-8-14(13)21-19(22)24/h5-11H,4H2,1-3H3,(H,21,24). The molecule has 8 heteroatoms. The molecule has 27 heavy (non-hydrogen) atoms. The molecule has 3 rings (SSSR count). The van der Waals surface area contributed by atoms with Crippen molar-refractivity contribution in [3.8, 4) is 17.2 Å². The van der Waals surface area contributed by atoms with Crippen molar-refractivity contribution in [3.63, 3.8) is 0 Å². The van der Waals surface area contributed by atoms with E-state index in [1.165, 1.54) is 20.4 Å². The van der Waals surface area contributed by atoms with Gasteiger partial charge in [-0.3, -0.25) is 4.79 Å². The van der Waals surface area contributed by atoms with Gasteiger partial charge in [-0.05, 0) is 31.2 Å². The van der Waals surface area contributed by atoms with Crippen molar-refractivity contribution in [2.24, 2.45) is 5.10 Å². The first kappa shape index (κ1) is 18.2. The van der Waals surface area contributed by atoms with Crippen molar-refractivity contribution in [1.82, 2.24) is 9.66 Å². The van der Waals surface area contributed by atoms with Crippen LogP contribution in [0.3, 0.4) is 0 Å². The molecular weight excluding hydrogens is 350 g/mol. The third kappa shape index (κ3) is 3.55.